The molecular formula is C48H41N3O2. The fourth-order valence-corrected chi connectivity index (χ4v) is 7.63. The number of nitrogens with zero attached hydrogens (tertiary/aromatic N) is 3. The number of para-hydroxylation sites is 2. The van der Waals surface area contributed by atoms with Gasteiger partial charge in [0.2, 0.25) is 0 Å². The fraction of sp³-hybridized carbons (Fsp3) is 0.167. The molecule has 9 aromatic rings. The molecule has 5 aromatic carbocycles. The van der Waals surface area contributed by atoms with Gasteiger partial charge in [-0.2, -0.15) is 0 Å². The number of hydrogen-bond acceptors (Lipinski definition) is 4. The maximum atomic E-state index is 12.1. The molecule has 0 aliphatic carbocycles. The Bertz CT molecular complexity index is 2810. The summed E-state index contributed by atoms with van der Waals surface area (Å²) in [6.45, 7) is 13.1. The van der Waals surface area contributed by atoms with Gasteiger partial charge in [0.15, 0.2) is 5.58 Å². The fourth-order valence-electron chi connectivity index (χ4n) is 7.63. The molecule has 53 heavy (non-hydrogen) atoms. The molecule has 0 aliphatic rings. The molecule has 0 bridgehead atoms. The van der Waals surface area contributed by atoms with Crippen molar-refractivity contribution in [2.24, 2.45) is 0 Å². The number of aromatic nitrogens is 3. The second-order valence-electron chi connectivity index (χ2n) is 16.1. The van der Waals surface area contributed by atoms with Gasteiger partial charge in [-0.3, -0.25) is 4.57 Å². The first-order chi connectivity index (χ1) is 25.5. The largest absolute Gasteiger partial charge is 0.507 e. The zero-order valence-corrected chi connectivity index (χ0v) is 30.9. The smallest absolute Gasteiger partial charge is 0.161 e. The van der Waals surface area contributed by atoms with Crippen molar-refractivity contribution < 1.29 is 9.52 Å². The molecule has 4 aromatic heterocycles. The van der Waals surface area contributed by atoms with Crippen LogP contribution in [0.3, 0.4) is 0 Å². The molecule has 0 atom stereocenters. The number of fused-ring (bicyclic) bond motifs is 6. The Kier molecular flexibility index (Phi) is 7.35. The summed E-state index contributed by atoms with van der Waals surface area (Å²) >= 11 is 0. The number of pyridine rings is 2. The molecule has 0 amide bonds. The van der Waals surface area contributed by atoms with Crippen molar-refractivity contribution in [3.63, 3.8) is 0 Å². The van der Waals surface area contributed by atoms with Crippen LogP contribution in [-0.2, 0) is 10.8 Å². The number of hydrogen-bond donors (Lipinski definition) is 1. The third-order valence-corrected chi connectivity index (χ3v) is 10.4. The van der Waals surface area contributed by atoms with E-state index in [1.165, 1.54) is 5.56 Å². The van der Waals surface area contributed by atoms with Crippen molar-refractivity contribution in [1.29, 1.82) is 0 Å². The molecule has 0 aliphatic heterocycles. The Hall–Kier alpha value is -6.20. The number of furan rings is 1. The second kappa shape index (κ2) is 11.9. The summed E-state index contributed by atoms with van der Waals surface area (Å²) in [6, 6.07) is 44.0. The minimum atomic E-state index is -0.271. The van der Waals surface area contributed by atoms with Crippen LogP contribution in [-0.4, -0.2) is 19.6 Å². The summed E-state index contributed by atoms with van der Waals surface area (Å²) in [6.07, 6.45) is 1.84. The highest BCUT2D eigenvalue weighted by atomic mass is 16.3. The van der Waals surface area contributed by atoms with Crippen LogP contribution in [0.1, 0.15) is 52.7 Å². The van der Waals surface area contributed by atoms with E-state index in [0.717, 1.165) is 83.2 Å². The summed E-state index contributed by atoms with van der Waals surface area (Å²) in [5.41, 5.74) is 10.5. The average molecular weight is 692 g/mol. The average Bonchev–Trinajstić information content (AvgIpc) is 3.70. The molecule has 5 nitrogen and oxygen atoms in total. The van der Waals surface area contributed by atoms with Crippen molar-refractivity contribution in [3.8, 4) is 45.1 Å². The lowest BCUT2D eigenvalue weighted by molar-refractivity contribution is 0.446. The van der Waals surface area contributed by atoms with E-state index in [4.69, 9.17) is 14.4 Å². The van der Waals surface area contributed by atoms with Crippen LogP contribution in [0, 0.1) is 0 Å². The quantitative estimate of drug-likeness (QED) is 0.199. The summed E-state index contributed by atoms with van der Waals surface area (Å²) in [7, 11) is 0. The van der Waals surface area contributed by atoms with E-state index in [0.29, 0.717) is 11.3 Å². The van der Waals surface area contributed by atoms with Crippen LogP contribution in [0.4, 0.5) is 0 Å². The predicted octanol–water partition coefficient (Wildman–Crippen LogP) is 12.8. The predicted molar refractivity (Wildman–Crippen MR) is 219 cm³/mol. The van der Waals surface area contributed by atoms with Gasteiger partial charge in [0.05, 0.1) is 5.52 Å². The first-order valence-corrected chi connectivity index (χ1v) is 18.2. The number of phenolic OH excluding ortho intramolecular Hbond substituents is 1. The Balaban J connectivity index is 1.39. The Morgan fingerprint density at radius 3 is 2.04 bits per heavy atom. The van der Waals surface area contributed by atoms with Crippen LogP contribution in [0.15, 0.2) is 138 Å². The topological polar surface area (TPSA) is 64.1 Å². The second-order valence-corrected chi connectivity index (χ2v) is 16.1. The first-order valence-electron chi connectivity index (χ1n) is 18.2. The Morgan fingerprint density at radius 1 is 0.585 bits per heavy atom. The van der Waals surface area contributed by atoms with E-state index in [-0.39, 0.29) is 10.8 Å². The summed E-state index contributed by atoms with van der Waals surface area (Å²) in [4.78, 5) is 10.4. The molecule has 0 fully saturated rings. The van der Waals surface area contributed by atoms with Crippen LogP contribution < -0.4 is 0 Å². The van der Waals surface area contributed by atoms with Gasteiger partial charge in [0.1, 0.15) is 28.5 Å². The van der Waals surface area contributed by atoms with E-state index in [2.05, 4.69) is 143 Å². The van der Waals surface area contributed by atoms with Crippen molar-refractivity contribution in [2.75, 3.05) is 0 Å². The Labute approximate surface area is 309 Å². The lowest BCUT2D eigenvalue weighted by Crippen LogP contribution is -2.17. The zero-order valence-electron chi connectivity index (χ0n) is 30.9. The molecule has 1 N–H and O–H groups in total. The number of phenols is 1. The van der Waals surface area contributed by atoms with Crippen LogP contribution in [0.2, 0.25) is 0 Å². The Morgan fingerprint density at radius 2 is 1.26 bits per heavy atom. The van der Waals surface area contributed by atoms with Crippen LogP contribution in [0.5, 0.6) is 5.75 Å². The van der Waals surface area contributed by atoms with E-state index in [9.17, 15) is 5.11 Å². The molecule has 0 saturated carbocycles. The van der Waals surface area contributed by atoms with Gasteiger partial charge in [0.25, 0.3) is 0 Å². The van der Waals surface area contributed by atoms with Gasteiger partial charge < -0.3 is 9.52 Å². The highest BCUT2D eigenvalue weighted by Crippen LogP contribution is 2.45. The molecule has 0 saturated heterocycles. The van der Waals surface area contributed by atoms with E-state index in [1.807, 2.05) is 36.5 Å². The monoisotopic (exact) mass is 691 g/mol. The van der Waals surface area contributed by atoms with Crippen LogP contribution >= 0.6 is 0 Å². The van der Waals surface area contributed by atoms with Gasteiger partial charge in [-0.1, -0.05) is 114 Å². The van der Waals surface area contributed by atoms with Gasteiger partial charge >= 0.3 is 0 Å². The molecule has 5 heteroatoms. The molecule has 0 radical (unpaired) electrons. The maximum Gasteiger partial charge on any atom is 0.161 e. The summed E-state index contributed by atoms with van der Waals surface area (Å²) in [5, 5.41) is 16.3. The van der Waals surface area contributed by atoms with Crippen LogP contribution in [0.25, 0.3) is 83.2 Å². The number of benzene rings is 5. The van der Waals surface area contributed by atoms with Crippen molar-refractivity contribution in [3.05, 3.63) is 145 Å². The van der Waals surface area contributed by atoms with E-state index in [1.54, 1.807) is 0 Å². The summed E-state index contributed by atoms with van der Waals surface area (Å²) in [5.74, 6) is 1.05. The molecule has 9 rings (SSSR count). The third-order valence-electron chi connectivity index (χ3n) is 10.4. The molecular weight excluding hydrogens is 651 g/mol. The van der Waals surface area contributed by atoms with Gasteiger partial charge in [0, 0.05) is 44.4 Å². The minimum absolute atomic E-state index is 0.130. The summed E-state index contributed by atoms with van der Waals surface area (Å²) < 4.78 is 8.85. The van der Waals surface area contributed by atoms with Gasteiger partial charge in [-0.15, -0.1) is 0 Å². The number of aromatic hydroxyl groups is 1. The standard InChI is InChI=1S/C48H41N3O2/c1-47(2,3)33-26-37(44(52)39(27-33)48(4,5)6)31-23-30(29-15-8-7-9-16-29)24-32(25-31)43-45-38(35-18-11-13-21-41(35)53-45)28-42(50-43)51-40-20-12-10-17-34(40)36-19-14-22-49-46(36)51/h7-28,52H,1-6H3. The third kappa shape index (κ3) is 5.46. The van der Waals surface area contributed by atoms with Gasteiger partial charge in [-0.05, 0) is 87.7 Å². The molecule has 4 heterocycles. The van der Waals surface area contributed by atoms with Gasteiger partial charge in [-0.25, -0.2) is 9.97 Å². The minimum Gasteiger partial charge on any atom is -0.507 e. The SMILES string of the molecule is CC(C)(C)c1cc(-c2cc(-c3ccccc3)cc(-c3nc(-n4c5ccccc5c5cccnc54)cc4c3oc3ccccc34)c2)c(O)c(C(C)(C)C)c1. The van der Waals surface area contributed by atoms with E-state index >= 15 is 0 Å². The molecule has 260 valence electrons. The van der Waals surface area contributed by atoms with Crippen molar-refractivity contribution in [1.82, 2.24) is 14.5 Å². The lowest BCUT2D eigenvalue weighted by Gasteiger charge is -2.28. The molecule has 0 unspecified atom stereocenters. The van der Waals surface area contributed by atoms with Crippen molar-refractivity contribution in [2.45, 2.75) is 52.4 Å². The normalized spacial score (nSPS) is 12.4. The zero-order chi connectivity index (χ0) is 36.6. The molecule has 0 spiro atoms. The maximum absolute atomic E-state index is 12.1. The highest BCUT2D eigenvalue weighted by Gasteiger charge is 2.27. The number of rotatable bonds is 4. The van der Waals surface area contributed by atoms with Crippen molar-refractivity contribution >= 4 is 43.9 Å². The van der Waals surface area contributed by atoms with E-state index < -0.39 is 0 Å². The highest BCUT2D eigenvalue weighted by molar-refractivity contribution is 6.11. The first kappa shape index (κ1) is 32.7. The lowest BCUT2D eigenvalue weighted by atomic mass is 9.78.